The average Bonchev–Trinajstić information content (AvgIpc) is 3.60. The van der Waals surface area contributed by atoms with Crippen molar-refractivity contribution in [2.45, 2.75) is 56.5 Å². The van der Waals surface area contributed by atoms with E-state index in [9.17, 15) is 18.0 Å². The van der Waals surface area contributed by atoms with E-state index in [0.29, 0.717) is 25.2 Å². The third kappa shape index (κ3) is 6.61. The Hall–Kier alpha value is -4.28. The lowest BCUT2D eigenvalue weighted by atomic mass is 9.74. The predicted molar refractivity (Wildman–Crippen MR) is 169 cm³/mol. The summed E-state index contributed by atoms with van der Waals surface area (Å²) >= 11 is 6.29. The van der Waals surface area contributed by atoms with Crippen LogP contribution in [0.5, 0.6) is 5.75 Å². The molecule has 2 amide bonds. The van der Waals surface area contributed by atoms with Crippen molar-refractivity contribution in [2.24, 2.45) is 0 Å². The van der Waals surface area contributed by atoms with Crippen molar-refractivity contribution in [3.63, 3.8) is 0 Å². The fraction of sp³-hybridized carbons (Fsp3) is 0.273. The summed E-state index contributed by atoms with van der Waals surface area (Å²) in [7, 11) is -4.06. The van der Waals surface area contributed by atoms with Crippen molar-refractivity contribution >= 4 is 39.1 Å². The maximum Gasteiger partial charge on any atom is 0.300 e. The quantitative estimate of drug-likeness (QED) is 0.175. The molecule has 2 atom stereocenters. The van der Waals surface area contributed by atoms with Crippen molar-refractivity contribution in [3.8, 4) is 5.75 Å². The van der Waals surface area contributed by atoms with E-state index < -0.39 is 27.4 Å². The highest BCUT2D eigenvalue weighted by atomic mass is 35.5. The maximum atomic E-state index is 13.5. The van der Waals surface area contributed by atoms with Crippen LogP contribution in [-0.2, 0) is 26.8 Å². The first kappa shape index (κ1) is 31.2. The van der Waals surface area contributed by atoms with Gasteiger partial charge in [-0.2, -0.15) is 0 Å². The molecule has 1 aliphatic rings. The zero-order chi connectivity index (χ0) is 31.5. The Balaban J connectivity index is 1.21. The third-order valence-corrected chi connectivity index (χ3v) is 9.81. The van der Waals surface area contributed by atoms with Crippen molar-refractivity contribution in [2.75, 3.05) is 11.9 Å². The minimum atomic E-state index is -4.06. The summed E-state index contributed by atoms with van der Waals surface area (Å²) in [4.78, 5) is 26.1. The average molecular weight is 636 g/mol. The Morgan fingerprint density at radius 3 is 2.41 bits per heavy atom. The summed E-state index contributed by atoms with van der Waals surface area (Å²) in [6.07, 6.45) is 1.39. The second-order valence-electron chi connectivity index (χ2n) is 11.1. The number of halogens is 1. The monoisotopic (exact) mass is 635 g/mol. The van der Waals surface area contributed by atoms with Gasteiger partial charge in [-0.1, -0.05) is 54.9 Å². The van der Waals surface area contributed by atoms with Crippen molar-refractivity contribution in [1.29, 1.82) is 0 Å². The second kappa shape index (κ2) is 12.8. The molecular weight excluding hydrogens is 602 g/mol. The number of ether oxygens (including phenoxy) is 1. The van der Waals surface area contributed by atoms with E-state index in [1.807, 2.05) is 55.0 Å². The van der Waals surface area contributed by atoms with Gasteiger partial charge in [-0.15, -0.1) is 0 Å². The first-order valence-electron chi connectivity index (χ1n) is 14.2. The Kier molecular flexibility index (Phi) is 9.03. The normalized spacial score (nSPS) is 17.4. The highest BCUT2D eigenvalue weighted by molar-refractivity contribution is 7.90. The highest BCUT2D eigenvalue weighted by Gasteiger charge is 2.46. The first-order chi connectivity index (χ1) is 21.0. The van der Waals surface area contributed by atoms with Crippen LogP contribution in [0.15, 0.2) is 88.2 Å². The minimum Gasteiger partial charge on any atom is -0.494 e. The number of hydrogen-bond acceptors (Lipinski definition) is 7. The number of anilines is 1. The first-order valence-corrected chi connectivity index (χ1v) is 16.1. The van der Waals surface area contributed by atoms with Crippen LogP contribution < -0.4 is 20.1 Å². The number of carbonyl (C=O) groups excluding carboxylic acids is 2. The molecule has 3 aromatic carbocycles. The highest BCUT2D eigenvalue weighted by Crippen LogP contribution is 2.44. The number of sulfonamides is 1. The van der Waals surface area contributed by atoms with E-state index in [2.05, 4.69) is 17.6 Å². The van der Waals surface area contributed by atoms with E-state index in [1.165, 1.54) is 24.3 Å². The Bertz CT molecular complexity index is 1770. The molecule has 2 heterocycles. The van der Waals surface area contributed by atoms with Crippen LogP contribution in [0, 0.1) is 13.8 Å². The second-order valence-corrected chi connectivity index (χ2v) is 13.2. The predicted octanol–water partition coefficient (Wildman–Crippen LogP) is 5.90. The zero-order valence-corrected chi connectivity index (χ0v) is 26.2. The van der Waals surface area contributed by atoms with Gasteiger partial charge >= 0.3 is 5.91 Å². The molecule has 0 spiro atoms. The van der Waals surface area contributed by atoms with Crippen LogP contribution in [0.4, 0.5) is 5.69 Å². The smallest absolute Gasteiger partial charge is 0.300 e. The van der Waals surface area contributed by atoms with Crippen LogP contribution in [0.3, 0.4) is 0 Å². The number of fused-ring (bicyclic) bond motifs is 1. The summed E-state index contributed by atoms with van der Waals surface area (Å²) in [6, 6.07) is 21.6. The number of nitrogens with one attached hydrogen (secondary N) is 3. The van der Waals surface area contributed by atoms with Crippen LogP contribution in [0.25, 0.3) is 0 Å². The maximum absolute atomic E-state index is 13.5. The van der Waals surface area contributed by atoms with Crippen molar-refractivity contribution in [1.82, 2.24) is 10.0 Å². The molecule has 9 nitrogen and oxygen atoms in total. The van der Waals surface area contributed by atoms with Gasteiger partial charge in [0.15, 0.2) is 5.76 Å². The van der Waals surface area contributed by atoms with E-state index >= 15 is 0 Å². The van der Waals surface area contributed by atoms with E-state index in [0.717, 1.165) is 33.1 Å². The molecule has 230 valence electrons. The van der Waals surface area contributed by atoms with Crippen molar-refractivity contribution in [3.05, 3.63) is 112 Å². The van der Waals surface area contributed by atoms with Crippen LogP contribution in [0.1, 0.15) is 52.8 Å². The fourth-order valence-corrected chi connectivity index (χ4v) is 6.62. The molecular formula is C33H34ClN3O6S. The molecule has 5 rings (SSSR count). The zero-order valence-electron chi connectivity index (χ0n) is 24.6. The van der Waals surface area contributed by atoms with Gasteiger partial charge in [0.2, 0.25) is 5.91 Å². The van der Waals surface area contributed by atoms with Crippen LogP contribution >= 0.6 is 11.6 Å². The molecule has 1 aliphatic heterocycles. The summed E-state index contributed by atoms with van der Waals surface area (Å²) < 4.78 is 38.6. The van der Waals surface area contributed by atoms with Gasteiger partial charge < -0.3 is 19.8 Å². The number of rotatable bonds is 11. The van der Waals surface area contributed by atoms with Gasteiger partial charge in [-0.05, 0) is 85.8 Å². The lowest BCUT2D eigenvalue weighted by Crippen LogP contribution is -2.48. The SMILES string of the molecule is Cc1cc(OCCCC2(C)c3ccccc3NC2C(=O)NCc2ccc(C(=O)NS(=O)(=O)c3ccccc3)o2)cc(C)c1Cl. The Morgan fingerprint density at radius 2 is 1.68 bits per heavy atom. The van der Waals surface area contributed by atoms with Crippen molar-refractivity contribution < 1.29 is 27.2 Å². The lowest BCUT2D eigenvalue weighted by Gasteiger charge is -2.31. The molecule has 11 heteroatoms. The lowest BCUT2D eigenvalue weighted by molar-refractivity contribution is -0.123. The number of hydrogen-bond donors (Lipinski definition) is 3. The molecule has 0 aliphatic carbocycles. The van der Waals surface area contributed by atoms with Gasteiger partial charge in [0.05, 0.1) is 18.0 Å². The van der Waals surface area contributed by atoms with Crippen LogP contribution in [-0.4, -0.2) is 32.9 Å². The summed E-state index contributed by atoms with van der Waals surface area (Å²) in [5.41, 5.74) is 3.35. The number of carbonyl (C=O) groups is 2. The van der Waals surface area contributed by atoms with E-state index in [1.54, 1.807) is 18.2 Å². The standard InChI is InChI=1S/C33H34ClN3O6S/c1-21-18-24(19-22(2)29(21)34)42-17-9-16-33(3)26-12-7-8-13-27(26)36-30(33)32(39)35-20-23-14-15-28(43-23)31(38)37-44(40,41)25-10-5-4-6-11-25/h4-8,10-15,18-19,30,36H,9,16-17,20H2,1-3H3,(H,35,39)(H,37,38). The Labute approximate surface area is 262 Å². The molecule has 2 unspecified atom stereocenters. The summed E-state index contributed by atoms with van der Waals surface area (Å²) in [5, 5.41) is 7.01. The van der Waals surface area contributed by atoms with Crippen LogP contribution in [0.2, 0.25) is 5.02 Å². The number of furan rings is 1. The number of para-hydroxylation sites is 1. The van der Waals surface area contributed by atoms with Gasteiger partial charge in [0, 0.05) is 16.1 Å². The minimum absolute atomic E-state index is 0.0144. The molecule has 44 heavy (non-hydrogen) atoms. The largest absolute Gasteiger partial charge is 0.494 e. The summed E-state index contributed by atoms with van der Waals surface area (Å²) in [5.74, 6) is -0.255. The Morgan fingerprint density at radius 1 is 1.00 bits per heavy atom. The topological polar surface area (TPSA) is 127 Å². The third-order valence-electron chi connectivity index (χ3n) is 7.86. The van der Waals surface area contributed by atoms with Gasteiger partial charge in [-0.3, -0.25) is 9.59 Å². The molecule has 0 radical (unpaired) electrons. The molecule has 0 fully saturated rings. The summed E-state index contributed by atoms with van der Waals surface area (Å²) in [6.45, 7) is 6.45. The number of benzene rings is 3. The van der Waals surface area contributed by atoms with E-state index in [4.69, 9.17) is 20.8 Å². The molecule has 3 N–H and O–H groups in total. The van der Waals surface area contributed by atoms with Gasteiger partial charge in [0.1, 0.15) is 17.6 Å². The molecule has 0 bridgehead atoms. The van der Waals surface area contributed by atoms with E-state index in [-0.39, 0.29) is 23.1 Å². The molecule has 0 saturated heterocycles. The molecule has 4 aromatic rings. The fourth-order valence-electron chi connectivity index (χ4n) is 5.53. The molecule has 1 aromatic heterocycles. The molecule has 0 saturated carbocycles. The number of aryl methyl sites for hydroxylation is 2. The van der Waals surface area contributed by atoms with Gasteiger partial charge in [-0.25, -0.2) is 13.1 Å². The number of amides is 2. The van der Waals surface area contributed by atoms with Gasteiger partial charge in [0.25, 0.3) is 10.0 Å².